The van der Waals surface area contributed by atoms with Gasteiger partial charge < -0.3 is 15.3 Å². The average molecular weight is 368 g/mol. The van der Waals surface area contributed by atoms with Crippen LogP contribution in [0.1, 0.15) is 30.5 Å². The molecule has 2 aromatic carbocycles. The second kappa shape index (κ2) is 10.1. The van der Waals surface area contributed by atoms with Crippen molar-refractivity contribution < 1.29 is 19.5 Å². The summed E-state index contributed by atoms with van der Waals surface area (Å²) in [5.41, 5.74) is 1.80. The number of carboxylic acid groups (broad SMARTS) is 1. The predicted molar refractivity (Wildman–Crippen MR) is 102 cm³/mol. The van der Waals surface area contributed by atoms with E-state index in [9.17, 15) is 14.4 Å². The van der Waals surface area contributed by atoms with E-state index in [1.807, 2.05) is 36.4 Å². The Morgan fingerprint density at radius 3 is 2.15 bits per heavy atom. The molecule has 2 amide bonds. The standard InChI is InChI=1S/C21H24N2O4/c1-16(24)23(13-12-17-8-4-2-5-9-17)15-20(25)22-19(14-21(26)27)18-10-6-3-7-11-18/h2-11,19H,12-15H2,1H3,(H,22,25)(H,26,27). The summed E-state index contributed by atoms with van der Waals surface area (Å²) >= 11 is 0. The van der Waals surface area contributed by atoms with Crippen molar-refractivity contribution in [2.45, 2.75) is 25.8 Å². The molecule has 2 N–H and O–H groups in total. The van der Waals surface area contributed by atoms with Gasteiger partial charge in [0.15, 0.2) is 0 Å². The molecule has 6 nitrogen and oxygen atoms in total. The van der Waals surface area contributed by atoms with E-state index in [1.165, 1.54) is 11.8 Å². The van der Waals surface area contributed by atoms with Crippen molar-refractivity contribution >= 4 is 17.8 Å². The van der Waals surface area contributed by atoms with Crippen LogP contribution in [0.2, 0.25) is 0 Å². The zero-order valence-corrected chi connectivity index (χ0v) is 15.3. The lowest BCUT2D eigenvalue weighted by atomic mass is 10.0. The van der Waals surface area contributed by atoms with Crippen LogP contribution < -0.4 is 5.32 Å². The van der Waals surface area contributed by atoms with E-state index < -0.39 is 12.0 Å². The number of amides is 2. The molecule has 0 aliphatic carbocycles. The van der Waals surface area contributed by atoms with E-state index in [2.05, 4.69) is 5.32 Å². The van der Waals surface area contributed by atoms with Gasteiger partial charge in [-0.05, 0) is 17.5 Å². The maximum absolute atomic E-state index is 12.4. The fourth-order valence-electron chi connectivity index (χ4n) is 2.78. The molecule has 142 valence electrons. The van der Waals surface area contributed by atoms with Gasteiger partial charge in [-0.1, -0.05) is 60.7 Å². The van der Waals surface area contributed by atoms with Crippen molar-refractivity contribution in [2.75, 3.05) is 13.1 Å². The third kappa shape index (κ3) is 6.93. The molecule has 1 unspecified atom stereocenters. The highest BCUT2D eigenvalue weighted by atomic mass is 16.4. The fourth-order valence-corrected chi connectivity index (χ4v) is 2.78. The number of nitrogens with zero attached hydrogens (tertiary/aromatic N) is 1. The van der Waals surface area contributed by atoms with E-state index in [4.69, 9.17) is 5.11 Å². The monoisotopic (exact) mass is 368 g/mol. The molecule has 0 bridgehead atoms. The molecule has 2 aromatic rings. The zero-order valence-electron chi connectivity index (χ0n) is 15.3. The minimum atomic E-state index is -1.00. The summed E-state index contributed by atoms with van der Waals surface area (Å²) in [5.74, 6) is -1.58. The van der Waals surface area contributed by atoms with Crippen molar-refractivity contribution in [1.82, 2.24) is 10.2 Å². The van der Waals surface area contributed by atoms with E-state index >= 15 is 0 Å². The van der Waals surface area contributed by atoms with Gasteiger partial charge in [0.2, 0.25) is 11.8 Å². The number of carbonyl (C=O) groups is 3. The molecule has 0 aliphatic rings. The Hall–Kier alpha value is -3.15. The van der Waals surface area contributed by atoms with Gasteiger partial charge >= 0.3 is 5.97 Å². The topological polar surface area (TPSA) is 86.7 Å². The molecule has 27 heavy (non-hydrogen) atoms. The van der Waals surface area contributed by atoms with Gasteiger partial charge in [-0.15, -0.1) is 0 Å². The van der Waals surface area contributed by atoms with Crippen LogP contribution in [-0.4, -0.2) is 40.9 Å². The minimum Gasteiger partial charge on any atom is -0.481 e. The van der Waals surface area contributed by atoms with Gasteiger partial charge in [-0.25, -0.2) is 0 Å². The zero-order chi connectivity index (χ0) is 19.6. The van der Waals surface area contributed by atoms with Crippen LogP contribution in [0, 0.1) is 0 Å². The Morgan fingerprint density at radius 2 is 1.59 bits per heavy atom. The molecule has 0 fully saturated rings. The molecule has 0 aliphatic heterocycles. The molecule has 6 heteroatoms. The smallest absolute Gasteiger partial charge is 0.305 e. The summed E-state index contributed by atoms with van der Waals surface area (Å²) in [4.78, 5) is 36.9. The highest BCUT2D eigenvalue weighted by Crippen LogP contribution is 2.16. The molecular formula is C21H24N2O4. The maximum atomic E-state index is 12.4. The Labute approximate surface area is 158 Å². The summed E-state index contributed by atoms with van der Waals surface area (Å²) in [6, 6.07) is 18.0. The first kappa shape index (κ1) is 20.2. The summed E-state index contributed by atoms with van der Waals surface area (Å²) < 4.78 is 0. The number of hydrogen-bond donors (Lipinski definition) is 2. The number of hydrogen-bond acceptors (Lipinski definition) is 3. The maximum Gasteiger partial charge on any atom is 0.305 e. The van der Waals surface area contributed by atoms with E-state index in [0.29, 0.717) is 18.5 Å². The van der Waals surface area contributed by atoms with E-state index in [-0.39, 0.29) is 24.8 Å². The average Bonchev–Trinajstić information content (AvgIpc) is 2.65. The van der Waals surface area contributed by atoms with Crippen molar-refractivity contribution in [1.29, 1.82) is 0 Å². The van der Waals surface area contributed by atoms with Crippen molar-refractivity contribution in [3.8, 4) is 0 Å². The van der Waals surface area contributed by atoms with Crippen LogP contribution in [0.25, 0.3) is 0 Å². The number of rotatable bonds is 9. The van der Waals surface area contributed by atoms with Crippen LogP contribution in [0.3, 0.4) is 0 Å². The Bertz CT molecular complexity index is 762. The molecule has 0 radical (unpaired) electrons. The molecule has 0 saturated carbocycles. The molecule has 1 atom stereocenters. The van der Waals surface area contributed by atoms with Crippen molar-refractivity contribution in [3.05, 3.63) is 71.8 Å². The van der Waals surface area contributed by atoms with E-state index in [0.717, 1.165) is 5.56 Å². The van der Waals surface area contributed by atoms with Gasteiger partial charge in [0, 0.05) is 13.5 Å². The minimum absolute atomic E-state index is 0.106. The molecule has 0 aromatic heterocycles. The normalized spacial score (nSPS) is 11.4. The second-order valence-electron chi connectivity index (χ2n) is 6.30. The Morgan fingerprint density at radius 1 is 1.00 bits per heavy atom. The SMILES string of the molecule is CC(=O)N(CCc1ccccc1)CC(=O)NC(CC(=O)O)c1ccccc1. The lowest BCUT2D eigenvalue weighted by Gasteiger charge is -2.23. The fraction of sp³-hybridized carbons (Fsp3) is 0.286. The number of nitrogens with one attached hydrogen (secondary N) is 1. The second-order valence-corrected chi connectivity index (χ2v) is 6.30. The summed E-state index contributed by atoms with van der Waals surface area (Å²) in [6.07, 6.45) is 0.421. The third-order valence-corrected chi connectivity index (χ3v) is 4.21. The number of carbonyl (C=O) groups excluding carboxylic acids is 2. The van der Waals surface area contributed by atoms with Crippen LogP contribution in [0.5, 0.6) is 0 Å². The first-order chi connectivity index (χ1) is 13.0. The number of carboxylic acids is 1. The first-order valence-corrected chi connectivity index (χ1v) is 8.81. The van der Waals surface area contributed by atoms with Crippen LogP contribution in [-0.2, 0) is 20.8 Å². The van der Waals surface area contributed by atoms with Crippen molar-refractivity contribution in [3.63, 3.8) is 0 Å². The summed E-state index contributed by atoms with van der Waals surface area (Å²) in [5, 5.41) is 11.9. The van der Waals surface area contributed by atoms with E-state index in [1.54, 1.807) is 24.3 Å². The summed E-state index contributed by atoms with van der Waals surface area (Å²) in [6.45, 7) is 1.73. The Kier molecular flexibility index (Phi) is 7.55. The summed E-state index contributed by atoms with van der Waals surface area (Å²) in [7, 11) is 0. The van der Waals surface area contributed by atoms with Gasteiger partial charge in [0.25, 0.3) is 0 Å². The van der Waals surface area contributed by atoms with Gasteiger partial charge in [-0.3, -0.25) is 14.4 Å². The van der Waals surface area contributed by atoms with Gasteiger partial charge in [0.1, 0.15) is 0 Å². The van der Waals surface area contributed by atoms with Crippen molar-refractivity contribution in [2.24, 2.45) is 0 Å². The Balaban J connectivity index is 1.98. The molecule has 0 saturated heterocycles. The van der Waals surface area contributed by atoms with Gasteiger partial charge in [-0.2, -0.15) is 0 Å². The number of aliphatic carboxylic acids is 1. The molecular weight excluding hydrogens is 344 g/mol. The lowest BCUT2D eigenvalue weighted by Crippen LogP contribution is -2.42. The van der Waals surface area contributed by atoms with Crippen LogP contribution >= 0.6 is 0 Å². The quantitative estimate of drug-likeness (QED) is 0.712. The lowest BCUT2D eigenvalue weighted by molar-refractivity contribution is -0.138. The number of benzene rings is 2. The van der Waals surface area contributed by atoms with Crippen LogP contribution in [0.4, 0.5) is 0 Å². The molecule has 0 spiro atoms. The third-order valence-electron chi connectivity index (χ3n) is 4.21. The van der Waals surface area contributed by atoms with Crippen LogP contribution in [0.15, 0.2) is 60.7 Å². The largest absolute Gasteiger partial charge is 0.481 e. The molecule has 2 rings (SSSR count). The highest BCUT2D eigenvalue weighted by Gasteiger charge is 2.20. The highest BCUT2D eigenvalue weighted by molar-refractivity contribution is 5.84. The predicted octanol–water partition coefficient (Wildman–Crippen LogP) is 2.41. The van der Waals surface area contributed by atoms with Gasteiger partial charge in [0.05, 0.1) is 19.0 Å². The first-order valence-electron chi connectivity index (χ1n) is 8.81. The molecule has 0 heterocycles.